The number of nitrogens with one attached hydrogen (secondary N) is 1. The maximum absolute atomic E-state index is 11.6. The molecule has 0 aromatic heterocycles. The number of ether oxygens (including phenoxy) is 1. The molecule has 1 aromatic rings. The van der Waals surface area contributed by atoms with E-state index in [4.69, 9.17) is 9.84 Å². The lowest BCUT2D eigenvalue weighted by Crippen LogP contribution is -2.40. The van der Waals surface area contributed by atoms with Gasteiger partial charge in [0.25, 0.3) is 0 Å². The summed E-state index contributed by atoms with van der Waals surface area (Å²) in [5, 5.41) is 11.3. The van der Waals surface area contributed by atoms with Gasteiger partial charge in [-0.25, -0.2) is 4.79 Å². The van der Waals surface area contributed by atoms with Gasteiger partial charge in [-0.1, -0.05) is 24.6 Å². The van der Waals surface area contributed by atoms with E-state index in [1.54, 1.807) is 6.92 Å². The summed E-state index contributed by atoms with van der Waals surface area (Å²) in [6, 6.07) is 4.99. The molecule has 0 aliphatic carbocycles. The van der Waals surface area contributed by atoms with E-state index in [9.17, 15) is 9.59 Å². The molecule has 20 heavy (non-hydrogen) atoms. The summed E-state index contributed by atoms with van der Waals surface area (Å²) in [7, 11) is 0. The number of carboxylic acids is 1. The summed E-state index contributed by atoms with van der Waals surface area (Å²) in [5.74, 6) is -0.589. The molecule has 1 amide bonds. The predicted octanol–water partition coefficient (Wildman–Crippen LogP) is 2.05. The monoisotopic (exact) mass is 279 g/mol. The molecular formula is C15H21NO4. The Labute approximate surface area is 118 Å². The summed E-state index contributed by atoms with van der Waals surface area (Å²) < 4.78 is 5.53. The topological polar surface area (TPSA) is 75.6 Å². The van der Waals surface area contributed by atoms with Crippen LogP contribution in [0.1, 0.15) is 30.9 Å². The Kier molecular flexibility index (Phi) is 6.03. The fourth-order valence-corrected chi connectivity index (χ4v) is 1.82. The summed E-state index contributed by atoms with van der Waals surface area (Å²) in [4.78, 5) is 22.4. The Bertz CT molecular complexity index is 485. The summed E-state index contributed by atoms with van der Waals surface area (Å²) in [5.41, 5.74) is 2.17. The normalized spacial score (nSPS) is 11.8. The molecule has 1 aromatic carbocycles. The van der Waals surface area contributed by atoms with E-state index in [1.165, 1.54) is 0 Å². The molecule has 0 fully saturated rings. The van der Waals surface area contributed by atoms with Crippen molar-refractivity contribution in [3.05, 3.63) is 29.3 Å². The lowest BCUT2D eigenvalue weighted by molar-refractivity contribution is -0.142. The van der Waals surface area contributed by atoms with Gasteiger partial charge in [0.2, 0.25) is 5.91 Å². The first-order chi connectivity index (χ1) is 9.43. The third kappa shape index (κ3) is 4.91. The molecule has 1 rings (SSSR count). The van der Waals surface area contributed by atoms with Crippen molar-refractivity contribution in [3.8, 4) is 5.75 Å². The first-order valence-corrected chi connectivity index (χ1v) is 6.66. The van der Waals surface area contributed by atoms with Gasteiger partial charge in [-0.2, -0.15) is 0 Å². The Morgan fingerprint density at radius 2 is 2.05 bits per heavy atom. The molecule has 110 valence electrons. The van der Waals surface area contributed by atoms with E-state index < -0.39 is 12.0 Å². The molecule has 0 saturated heterocycles. The van der Waals surface area contributed by atoms with Gasteiger partial charge in [0.05, 0.1) is 13.0 Å². The van der Waals surface area contributed by atoms with Gasteiger partial charge in [-0.15, -0.1) is 0 Å². The van der Waals surface area contributed by atoms with Gasteiger partial charge in [0.15, 0.2) is 0 Å². The molecule has 5 heteroatoms. The zero-order chi connectivity index (χ0) is 15.1. The quantitative estimate of drug-likeness (QED) is 0.801. The molecule has 0 aliphatic heterocycles. The van der Waals surface area contributed by atoms with Crippen molar-refractivity contribution in [2.75, 3.05) is 6.61 Å². The largest absolute Gasteiger partial charge is 0.493 e. The van der Waals surface area contributed by atoms with Crippen molar-refractivity contribution in [3.63, 3.8) is 0 Å². The van der Waals surface area contributed by atoms with E-state index in [0.29, 0.717) is 6.42 Å². The molecular weight excluding hydrogens is 258 g/mol. The van der Waals surface area contributed by atoms with Crippen LogP contribution in [0, 0.1) is 13.8 Å². The minimum absolute atomic E-state index is 0.136. The number of benzene rings is 1. The molecule has 0 spiro atoms. The number of aryl methyl sites for hydroxylation is 2. The Hall–Kier alpha value is -2.04. The Morgan fingerprint density at radius 3 is 2.60 bits per heavy atom. The number of hydrogen-bond acceptors (Lipinski definition) is 3. The van der Waals surface area contributed by atoms with E-state index >= 15 is 0 Å². The highest BCUT2D eigenvalue weighted by Gasteiger charge is 2.17. The van der Waals surface area contributed by atoms with Crippen molar-refractivity contribution >= 4 is 11.9 Å². The lowest BCUT2D eigenvalue weighted by atomic mass is 10.1. The van der Waals surface area contributed by atoms with Crippen LogP contribution in [-0.2, 0) is 9.59 Å². The molecule has 0 unspecified atom stereocenters. The third-order valence-corrected chi connectivity index (χ3v) is 2.96. The number of aliphatic carboxylic acids is 1. The number of rotatable bonds is 7. The van der Waals surface area contributed by atoms with Crippen LogP contribution in [0.3, 0.4) is 0 Å². The number of hydrogen-bond donors (Lipinski definition) is 2. The first-order valence-electron chi connectivity index (χ1n) is 6.66. The van der Waals surface area contributed by atoms with Gasteiger partial charge in [-0.05, 0) is 31.9 Å². The lowest BCUT2D eigenvalue weighted by Gasteiger charge is -2.13. The summed E-state index contributed by atoms with van der Waals surface area (Å²) >= 11 is 0. The molecule has 0 saturated carbocycles. The van der Waals surface area contributed by atoms with Crippen molar-refractivity contribution in [2.24, 2.45) is 0 Å². The van der Waals surface area contributed by atoms with Crippen LogP contribution in [0.25, 0.3) is 0 Å². The SMILES string of the molecule is CC[C@H](NC(=O)CCOc1ccc(C)cc1C)C(=O)O. The maximum atomic E-state index is 11.6. The molecule has 0 aliphatic rings. The first kappa shape index (κ1) is 16.0. The third-order valence-electron chi connectivity index (χ3n) is 2.96. The number of amides is 1. The second-order valence-electron chi connectivity index (χ2n) is 4.73. The average Bonchev–Trinajstić information content (AvgIpc) is 2.38. The van der Waals surface area contributed by atoms with Crippen molar-refractivity contribution in [1.82, 2.24) is 5.32 Å². The summed E-state index contributed by atoms with van der Waals surface area (Å²) in [6.45, 7) is 5.89. The van der Waals surface area contributed by atoms with Crippen LogP contribution in [0.5, 0.6) is 5.75 Å². The second kappa shape index (κ2) is 7.53. The molecule has 0 bridgehead atoms. The van der Waals surface area contributed by atoms with E-state index in [2.05, 4.69) is 5.32 Å². The molecule has 0 radical (unpaired) electrons. The molecule has 1 atom stereocenters. The zero-order valence-corrected chi connectivity index (χ0v) is 12.1. The highest BCUT2D eigenvalue weighted by molar-refractivity contribution is 5.83. The van der Waals surface area contributed by atoms with Crippen molar-refractivity contribution in [2.45, 2.75) is 39.7 Å². The number of carbonyl (C=O) groups is 2. The van der Waals surface area contributed by atoms with Crippen LogP contribution >= 0.6 is 0 Å². The fraction of sp³-hybridized carbons (Fsp3) is 0.467. The van der Waals surface area contributed by atoms with Crippen LogP contribution in [-0.4, -0.2) is 29.6 Å². The molecule has 0 heterocycles. The Morgan fingerprint density at radius 1 is 1.35 bits per heavy atom. The molecule has 2 N–H and O–H groups in total. The van der Waals surface area contributed by atoms with Crippen molar-refractivity contribution < 1.29 is 19.4 Å². The van der Waals surface area contributed by atoms with Crippen LogP contribution in [0.15, 0.2) is 18.2 Å². The minimum Gasteiger partial charge on any atom is -0.493 e. The van der Waals surface area contributed by atoms with E-state index in [0.717, 1.165) is 16.9 Å². The maximum Gasteiger partial charge on any atom is 0.326 e. The van der Waals surface area contributed by atoms with Crippen molar-refractivity contribution in [1.29, 1.82) is 0 Å². The fourth-order valence-electron chi connectivity index (χ4n) is 1.82. The average molecular weight is 279 g/mol. The standard InChI is InChI=1S/C15H21NO4/c1-4-12(15(18)19)16-14(17)7-8-20-13-6-5-10(2)9-11(13)3/h5-6,9,12H,4,7-8H2,1-3H3,(H,16,17)(H,18,19)/t12-/m0/s1. The highest BCUT2D eigenvalue weighted by Crippen LogP contribution is 2.18. The number of carboxylic acid groups (broad SMARTS) is 1. The van der Waals surface area contributed by atoms with E-state index in [1.807, 2.05) is 32.0 Å². The van der Waals surface area contributed by atoms with Gasteiger partial charge in [0, 0.05) is 0 Å². The smallest absolute Gasteiger partial charge is 0.326 e. The van der Waals surface area contributed by atoms with Gasteiger partial charge < -0.3 is 15.2 Å². The van der Waals surface area contributed by atoms with Gasteiger partial charge in [-0.3, -0.25) is 4.79 Å². The van der Waals surface area contributed by atoms with Gasteiger partial charge >= 0.3 is 5.97 Å². The summed E-state index contributed by atoms with van der Waals surface area (Å²) in [6.07, 6.45) is 0.496. The van der Waals surface area contributed by atoms with E-state index in [-0.39, 0.29) is 18.9 Å². The second-order valence-corrected chi connectivity index (χ2v) is 4.73. The zero-order valence-electron chi connectivity index (χ0n) is 12.1. The van der Waals surface area contributed by atoms with Crippen LogP contribution < -0.4 is 10.1 Å². The highest BCUT2D eigenvalue weighted by atomic mass is 16.5. The predicted molar refractivity (Wildman–Crippen MR) is 75.9 cm³/mol. The minimum atomic E-state index is -1.02. The van der Waals surface area contributed by atoms with Gasteiger partial charge in [0.1, 0.15) is 11.8 Å². The molecule has 5 nitrogen and oxygen atoms in total. The Balaban J connectivity index is 2.40. The number of carbonyl (C=O) groups excluding carboxylic acids is 1. The van der Waals surface area contributed by atoms with Crippen LogP contribution in [0.2, 0.25) is 0 Å². The van der Waals surface area contributed by atoms with Crippen LogP contribution in [0.4, 0.5) is 0 Å².